The monoisotopic (exact) mass is 421 g/mol. The zero-order valence-electron chi connectivity index (χ0n) is 17.8. The summed E-state index contributed by atoms with van der Waals surface area (Å²) in [6.45, 7) is 7.67. The number of aryl methyl sites for hydroxylation is 2. The fourth-order valence-corrected chi connectivity index (χ4v) is 4.52. The molecular formula is C25H28ClN3O. The van der Waals surface area contributed by atoms with Crippen LogP contribution < -0.4 is 4.90 Å². The van der Waals surface area contributed by atoms with E-state index in [1.807, 2.05) is 24.3 Å². The zero-order chi connectivity index (χ0) is 21.3. The van der Waals surface area contributed by atoms with E-state index in [2.05, 4.69) is 65.9 Å². The summed E-state index contributed by atoms with van der Waals surface area (Å²) in [7, 11) is 0. The Morgan fingerprint density at radius 1 is 1.17 bits per heavy atom. The Balaban J connectivity index is 1.54. The molecule has 2 heterocycles. The fraction of sp³-hybridized carbons (Fsp3) is 0.360. The van der Waals surface area contributed by atoms with Gasteiger partial charge in [-0.15, -0.1) is 11.6 Å². The van der Waals surface area contributed by atoms with Gasteiger partial charge >= 0.3 is 0 Å². The van der Waals surface area contributed by atoms with Crippen LogP contribution in [0.1, 0.15) is 53.1 Å². The summed E-state index contributed by atoms with van der Waals surface area (Å²) in [5.41, 5.74) is 6.57. The van der Waals surface area contributed by atoms with Crippen molar-refractivity contribution < 1.29 is 4.79 Å². The summed E-state index contributed by atoms with van der Waals surface area (Å²) < 4.78 is 2.10. The van der Waals surface area contributed by atoms with E-state index in [1.54, 1.807) is 0 Å². The lowest BCUT2D eigenvalue weighted by molar-refractivity contribution is -0.123. The lowest BCUT2D eigenvalue weighted by atomic mass is 9.97. The molecule has 2 atom stereocenters. The molecule has 4 nitrogen and oxygen atoms in total. The number of carbonyl (C=O) groups is 1. The van der Waals surface area contributed by atoms with Crippen LogP contribution in [0, 0.1) is 19.8 Å². The Morgan fingerprint density at radius 2 is 1.93 bits per heavy atom. The van der Waals surface area contributed by atoms with Crippen molar-refractivity contribution in [2.75, 3.05) is 11.4 Å². The van der Waals surface area contributed by atoms with E-state index in [9.17, 15) is 4.79 Å². The van der Waals surface area contributed by atoms with Gasteiger partial charge in [0.1, 0.15) is 5.38 Å². The highest BCUT2D eigenvalue weighted by Crippen LogP contribution is 2.31. The highest BCUT2D eigenvalue weighted by molar-refractivity contribution is 6.22. The number of nitrogens with zero attached hydrogens (tertiary/aromatic N) is 3. The lowest BCUT2D eigenvalue weighted by Crippen LogP contribution is -2.40. The summed E-state index contributed by atoms with van der Waals surface area (Å²) in [5.74, 6) is 0.339. The van der Waals surface area contributed by atoms with Gasteiger partial charge in [-0.2, -0.15) is 0 Å². The standard InChI is InChI=1S/C25H28ClN3O/c1-17-6-9-21(10-7-17)24(26)23-14-27-16-28(23)15-20-8-11-22(19(3)13-20)29-12-4-5-18(2)25(29)30/h6-11,13-14,16,18,24H,4-5,12,15H2,1-3H3. The molecule has 0 radical (unpaired) electrons. The van der Waals surface area contributed by atoms with E-state index < -0.39 is 0 Å². The Bertz CT molecular complexity index is 1040. The third kappa shape index (κ3) is 4.15. The molecule has 4 rings (SSSR count). The van der Waals surface area contributed by atoms with Crippen molar-refractivity contribution in [2.24, 2.45) is 5.92 Å². The molecule has 1 amide bonds. The van der Waals surface area contributed by atoms with Crippen LogP contribution in [0.4, 0.5) is 5.69 Å². The first-order valence-electron chi connectivity index (χ1n) is 10.6. The second-order valence-corrected chi connectivity index (χ2v) is 8.81. The van der Waals surface area contributed by atoms with Crippen molar-refractivity contribution in [1.82, 2.24) is 9.55 Å². The van der Waals surface area contributed by atoms with Gasteiger partial charge in [-0.3, -0.25) is 4.79 Å². The smallest absolute Gasteiger partial charge is 0.229 e. The van der Waals surface area contributed by atoms with Crippen molar-refractivity contribution in [2.45, 2.75) is 45.5 Å². The highest BCUT2D eigenvalue weighted by Gasteiger charge is 2.27. The van der Waals surface area contributed by atoms with E-state index in [-0.39, 0.29) is 17.2 Å². The number of hydrogen-bond donors (Lipinski definition) is 0. The molecule has 0 N–H and O–H groups in total. The predicted octanol–water partition coefficient (Wildman–Crippen LogP) is 5.64. The minimum Gasteiger partial charge on any atom is -0.328 e. The fourth-order valence-electron chi connectivity index (χ4n) is 4.19. The summed E-state index contributed by atoms with van der Waals surface area (Å²) in [4.78, 5) is 18.9. The molecule has 1 aliphatic rings. The Morgan fingerprint density at radius 3 is 2.67 bits per heavy atom. The Labute approximate surface area is 183 Å². The third-order valence-electron chi connectivity index (χ3n) is 5.99. The quantitative estimate of drug-likeness (QED) is 0.500. The average molecular weight is 422 g/mol. The van der Waals surface area contributed by atoms with E-state index in [4.69, 9.17) is 11.6 Å². The van der Waals surface area contributed by atoms with Gasteiger partial charge in [0.15, 0.2) is 0 Å². The number of halogens is 1. The number of piperidine rings is 1. The highest BCUT2D eigenvalue weighted by atomic mass is 35.5. The summed E-state index contributed by atoms with van der Waals surface area (Å²) in [6.07, 6.45) is 5.71. The molecule has 1 aliphatic heterocycles. The second kappa shape index (κ2) is 8.65. The number of hydrogen-bond acceptors (Lipinski definition) is 2. The van der Waals surface area contributed by atoms with Crippen molar-refractivity contribution in [3.05, 3.63) is 82.9 Å². The second-order valence-electron chi connectivity index (χ2n) is 8.37. The Hall–Kier alpha value is -2.59. The number of aromatic nitrogens is 2. The molecule has 1 aromatic heterocycles. The van der Waals surface area contributed by atoms with E-state index >= 15 is 0 Å². The minimum absolute atomic E-state index is 0.105. The normalized spacial score (nSPS) is 17.9. The molecule has 5 heteroatoms. The molecule has 30 heavy (non-hydrogen) atoms. The molecule has 156 valence electrons. The van der Waals surface area contributed by atoms with Gasteiger partial charge in [0.05, 0.1) is 12.0 Å². The van der Waals surface area contributed by atoms with Gasteiger partial charge in [0, 0.05) is 30.9 Å². The van der Waals surface area contributed by atoms with Crippen LogP contribution >= 0.6 is 11.6 Å². The number of amides is 1. The first-order valence-corrected chi connectivity index (χ1v) is 11.0. The molecule has 0 saturated carbocycles. The summed E-state index contributed by atoms with van der Waals surface area (Å²) in [5, 5.41) is -0.249. The number of rotatable bonds is 5. The van der Waals surface area contributed by atoms with Crippen LogP contribution in [0.3, 0.4) is 0 Å². The van der Waals surface area contributed by atoms with Crippen molar-refractivity contribution in [3.63, 3.8) is 0 Å². The van der Waals surface area contributed by atoms with E-state index in [0.717, 1.165) is 41.9 Å². The summed E-state index contributed by atoms with van der Waals surface area (Å²) in [6, 6.07) is 14.6. The molecule has 0 aliphatic carbocycles. The van der Waals surface area contributed by atoms with Crippen LogP contribution in [-0.4, -0.2) is 22.0 Å². The Kier molecular flexibility index (Phi) is 5.96. The number of benzene rings is 2. The lowest BCUT2D eigenvalue weighted by Gasteiger charge is -2.32. The van der Waals surface area contributed by atoms with Gasteiger partial charge in [-0.05, 0) is 49.4 Å². The van der Waals surface area contributed by atoms with Crippen molar-refractivity contribution in [1.29, 1.82) is 0 Å². The largest absolute Gasteiger partial charge is 0.328 e. The number of alkyl halides is 1. The summed E-state index contributed by atoms with van der Waals surface area (Å²) >= 11 is 6.78. The molecule has 1 fully saturated rings. The topological polar surface area (TPSA) is 38.1 Å². The van der Waals surface area contributed by atoms with E-state index in [1.165, 1.54) is 11.1 Å². The molecule has 0 bridgehead atoms. The van der Waals surface area contributed by atoms with Crippen LogP contribution in [0.5, 0.6) is 0 Å². The van der Waals surface area contributed by atoms with Gasteiger partial charge in [0.25, 0.3) is 0 Å². The number of anilines is 1. The molecular weight excluding hydrogens is 394 g/mol. The van der Waals surface area contributed by atoms with Gasteiger partial charge in [-0.25, -0.2) is 4.98 Å². The predicted molar refractivity (Wildman–Crippen MR) is 122 cm³/mol. The first kappa shape index (κ1) is 20.7. The van der Waals surface area contributed by atoms with Crippen molar-refractivity contribution >= 4 is 23.2 Å². The van der Waals surface area contributed by atoms with Crippen LogP contribution in [0.2, 0.25) is 0 Å². The maximum Gasteiger partial charge on any atom is 0.229 e. The van der Waals surface area contributed by atoms with E-state index in [0.29, 0.717) is 6.54 Å². The molecule has 3 aromatic rings. The third-order valence-corrected chi connectivity index (χ3v) is 6.46. The molecule has 0 spiro atoms. The van der Waals surface area contributed by atoms with Crippen LogP contribution in [0.25, 0.3) is 0 Å². The average Bonchev–Trinajstić information content (AvgIpc) is 3.19. The molecule has 1 saturated heterocycles. The van der Waals surface area contributed by atoms with Gasteiger partial charge in [0.2, 0.25) is 5.91 Å². The van der Waals surface area contributed by atoms with Crippen molar-refractivity contribution in [3.8, 4) is 0 Å². The zero-order valence-corrected chi connectivity index (χ0v) is 18.6. The number of carbonyl (C=O) groups excluding carboxylic acids is 1. The molecule has 2 unspecified atom stereocenters. The van der Waals surface area contributed by atoms with Gasteiger partial charge in [-0.1, -0.05) is 48.9 Å². The maximum absolute atomic E-state index is 12.6. The van der Waals surface area contributed by atoms with Gasteiger partial charge < -0.3 is 9.47 Å². The first-order chi connectivity index (χ1) is 14.4. The molecule has 2 aromatic carbocycles. The van der Waals surface area contributed by atoms with Crippen LogP contribution in [-0.2, 0) is 11.3 Å². The van der Waals surface area contributed by atoms with Crippen LogP contribution in [0.15, 0.2) is 55.0 Å². The number of imidazole rings is 1. The maximum atomic E-state index is 12.6. The SMILES string of the molecule is Cc1ccc(C(Cl)c2cncn2Cc2ccc(N3CCCC(C)C3=O)c(C)c2)cc1. The minimum atomic E-state index is -0.249.